The topological polar surface area (TPSA) is 99.9 Å². The summed E-state index contributed by atoms with van der Waals surface area (Å²) in [6.45, 7) is 4.30. The first kappa shape index (κ1) is 19.5. The Morgan fingerprint density at radius 3 is 2.93 bits per heavy atom. The molecule has 1 heterocycles. The van der Waals surface area contributed by atoms with E-state index in [1.807, 2.05) is 31.2 Å². The van der Waals surface area contributed by atoms with Crippen LogP contribution < -0.4 is 15.4 Å². The van der Waals surface area contributed by atoms with E-state index in [0.717, 1.165) is 24.3 Å². The summed E-state index contributed by atoms with van der Waals surface area (Å²) < 4.78 is 6.27. The molecule has 9 heteroatoms. The first-order chi connectivity index (χ1) is 13.0. The average molecular weight is 404 g/mol. The van der Waals surface area contributed by atoms with Gasteiger partial charge in [-0.3, -0.25) is 4.79 Å². The number of hydrogen-bond acceptors (Lipinski definition) is 8. The molecule has 3 rings (SSSR count). The molecule has 0 saturated heterocycles. The molecule has 1 aliphatic carbocycles. The summed E-state index contributed by atoms with van der Waals surface area (Å²) in [7, 11) is 0. The molecule has 0 bridgehead atoms. The van der Waals surface area contributed by atoms with E-state index in [1.165, 1.54) is 23.1 Å². The standard InChI is InChI=1S/C18H21N5O2S2/c1-3-25-14-7-5-4-6-13(14)20-16-22-23-17(27-16)26-10-15(24)21-18(2,11-19)12-8-9-12/h4-7,12H,3,8-10H2,1-2H3,(H,20,22)(H,21,24). The highest BCUT2D eigenvalue weighted by Crippen LogP contribution is 2.39. The number of benzene rings is 1. The Kier molecular flexibility index (Phi) is 6.19. The third kappa shape index (κ3) is 5.11. The summed E-state index contributed by atoms with van der Waals surface area (Å²) in [6, 6.07) is 9.85. The summed E-state index contributed by atoms with van der Waals surface area (Å²) in [5.74, 6) is 1.05. The lowest BCUT2D eigenvalue weighted by Gasteiger charge is -2.22. The molecule has 2 N–H and O–H groups in total. The molecule has 0 spiro atoms. The number of nitrogens with zero attached hydrogens (tertiary/aromatic N) is 3. The highest BCUT2D eigenvalue weighted by Gasteiger charge is 2.42. The van der Waals surface area contributed by atoms with Crippen LogP contribution in [0.15, 0.2) is 28.6 Å². The van der Waals surface area contributed by atoms with Gasteiger partial charge in [0, 0.05) is 0 Å². The van der Waals surface area contributed by atoms with Crippen molar-refractivity contribution in [3.63, 3.8) is 0 Å². The Morgan fingerprint density at radius 2 is 2.22 bits per heavy atom. The summed E-state index contributed by atoms with van der Waals surface area (Å²) in [4.78, 5) is 12.2. The van der Waals surface area contributed by atoms with Gasteiger partial charge >= 0.3 is 0 Å². The Hall–Kier alpha value is -2.31. The molecule has 1 atom stereocenters. The van der Waals surface area contributed by atoms with Gasteiger partial charge in [0.05, 0.1) is 24.1 Å². The van der Waals surface area contributed by atoms with Gasteiger partial charge in [0.1, 0.15) is 11.3 Å². The molecule has 1 amide bonds. The fourth-order valence-corrected chi connectivity index (χ4v) is 4.18. The van der Waals surface area contributed by atoms with Gasteiger partial charge < -0.3 is 15.4 Å². The van der Waals surface area contributed by atoms with Crippen molar-refractivity contribution >= 4 is 39.8 Å². The fourth-order valence-electron chi connectivity index (χ4n) is 2.62. The first-order valence-electron chi connectivity index (χ1n) is 8.71. The summed E-state index contributed by atoms with van der Waals surface area (Å²) in [5.41, 5.74) is 0.0492. The van der Waals surface area contributed by atoms with Gasteiger partial charge in [-0.2, -0.15) is 5.26 Å². The number of aromatic nitrogens is 2. The third-order valence-corrected chi connectivity index (χ3v) is 6.16. The van der Waals surface area contributed by atoms with Crippen LogP contribution >= 0.6 is 23.1 Å². The molecular formula is C18H21N5O2S2. The molecule has 0 radical (unpaired) electrons. The van der Waals surface area contributed by atoms with E-state index >= 15 is 0 Å². The summed E-state index contributed by atoms with van der Waals surface area (Å²) in [5, 5.41) is 24.2. The number of amides is 1. The van der Waals surface area contributed by atoms with Crippen molar-refractivity contribution in [1.29, 1.82) is 5.26 Å². The number of hydrogen-bond donors (Lipinski definition) is 2. The van der Waals surface area contributed by atoms with Crippen LogP contribution in [0.25, 0.3) is 0 Å². The summed E-state index contributed by atoms with van der Waals surface area (Å²) >= 11 is 2.68. The number of thioether (sulfide) groups is 1. The molecule has 1 fully saturated rings. The quantitative estimate of drug-likeness (QED) is 0.617. The van der Waals surface area contributed by atoms with Gasteiger partial charge in [0.25, 0.3) is 0 Å². The molecule has 7 nitrogen and oxygen atoms in total. The fraction of sp³-hybridized carbons (Fsp3) is 0.444. The van der Waals surface area contributed by atoms with Crippen molar-refractivity contribution in [1.82, 2.24) is 15.5 Å². The average Bonchev–Trinajstić information content (AvgIpc) is 3.43. The second-order valence-corrected chi connectivity index (χ2v) is 8.55. The predicted molar refractivity (Wildman–Crippen MR) is 106 cm³/mol. The lowest BCUT2D eigenvalue weighted by molar-refractivity contribution is -0.119. The number of carbonyl (C=O) groups is 1. The lowest BCUT2D eigenvalue weighted by Crippen LogP contribution is -2.47. The lowest BCUT2D eigenvalue weighted by atomic mass is 9.98. The van der Waals surface area contributed by atoms with Crippen molar-refractivity contribution in [2.24, 2.45) is 5.92 Å². The molecule has 1 aromatic carbocycles. The van der Waals surface area contributed by atoms with Crippen molar-refractivity contribution in [2.45, 2.75) is 36.6 Å². The van der Waals surface area contributed by atoms with Crippen LogP contribution in [0.1, 0.15) is 26.7 Å². The zero-order valence-corrected chi connectivity index (χ0v) is 16.8. The third-order valence-electron chi connectivity index (χ3n) is 4.19. The van der Waals surface area contributed by atoms with Crippen molar-refractivity contribution in [2.75, 3.05) is 17.7 Å². The minimum Gasteiger partial charge on any atom is -0.492 e. The molecule has 27 heavy (non-hydrogen) atoms. The molecule has 2 aromatic rings. The van der Waals surface area contributed by atoms with Crippen LogP contribution in [0.2, 0.25) is 0 Å². The van der Waals surface area contributed by atoms with Crippen LogP contribution in [0.5, 0.6) is 5.75 Å². The largest absolute Gasteiger partial charge is 0.492 e. The maximum atomic E-state index is 12.2. The predicted octanol–water partition coefficient (Wildman–Crippen LogP) is 3.58. The monoisotopic (exact) mass is 403 g/mol. The first-order valence-corrected chi connectivity index (χ1v) is 10.5. The maximum absolute atomic E-state index is 12.2. The van der Waals surface area contributed by atoms with E-state index < -0.39 is 5.54 Å². The number of ether oxygens (including phenoxy) is 1. The Bertz CT molecular complexity index is 846. The number of rotatable bonds is 9. The second-order valence-electron chi connectivity index (χ2n) is 6.35. The highest BCUT2D eigenvalue weighted by molar-refractivity contribution is 8.01. The van der Waals surface area contributed by atoms with E-state index in [1.54, 1.807) is 6.92 Å². The van der Waals surface area contributed by atoms with Crippen LogP contribution in [0.4, 0.5) is 10.8 Å². The minimum atomic E-state index is -0.769. The normalized spacial score (nSPS) is 15.4. The molecule has 142 valence electrons. The van der Waals surface area contributed by atoms with Crippen LogP contribution in [-0.4, -0.2) is 34.0 Å². The number of para-hydroxylation sites is 2. The number of nitrogens with one attached hydrogen (secondary N) is 2. The van der Waals surface area contributed by atoms with Crippen molar-refractivity contribution < 1.29 is 9.53 Å². The molecule has 1 saturated carbocycles. The Morgan fingerprint density at radius 1 is 1.44 bits per heavy atom. The zero-order valence-electron chi connectivity index (χ0n) is 15.2. The zero-order chi connectivity index (χ0) is 19.3. The number of anilines is 2. The molecule has 1 aromatic heterocycles. The molecule has 0 aliphatic heterocycles. The van der Waals surface area contributed by atoms with Crippen LogP contribution in [-0.2, 0) is 4.79 Å². The van der Waals surface area contributed by atoms with Gasteiger partial charge in [-0.25, -0.2) is 0 Å². The van der Waals surface area contributed by atoms with E-state index in [2.05, 4.69) is 26.9 Å². The molecule has 1 unspecified atom stereocenters. The number of nitriles is 1. The second kappa shape index (κ2) is 8.59. The molecule has 1 aliphatic rings. The SMILES string of the molecule is CCOc1ccccc1Nc1nnc(SCC(=O)NC(C)(C#N)C2CC2)s1. The summed E-state index contributed by atoms with van der Waals surface area (Å²) in [6.07, 6.45) is 1.98. The van der Waals surface area contributed by atoms with Gasteiger partial charge in [-0.15, -0.1) is 10.2 Å². The van der Waals surface area contributed by atoms with Gasteiger partial charge in [-0.1, -0.05) is 35.2 Å². The van der Waals surface area contributed by atoms with Crippen molar-refractivity contribution in [3.05, 3.63) is 24.3 Å². The maximum Gasteiger partial charge on any atom is 0.231 e. The Balaban J connectivity index is 1.54. The Labute approximate surface area is 166 Å². The molecular weight excluding hydrogens is 382 g/mol. The van der Waals surface area contributed by atoms with E-state index in [4.69, 9.17) is 4.74 Å². The van der Waals surface area contributed by atoms with Crippen molar-refractivity contribution in [3.8, 4) is 11.8 Å². The van der Waals surface area contributed by atoms with E-state index in [0.29, 0.717) is 16.1 Å². The van der Waals surface area contributed by atoms with Gasteiger partial charge in [0.15, 0.2) is 4.34 Å². The van der Waals surface area contributed by atoms with Gasteiger partial charge in [0.2, 0.25) is 11.0 Å². The van der Waals surface area contributed by atoms with Gasteiger partial charge in [-0.05, 0) is 44.7 Å². The highest BCUT2D eigenvalue weighted by atomic mass is 32.2. The van der Waals surface area contributed by atoms with Crippen LogP contribution in [0.3, 0.4) is 0 Å². The number of carbonyl (C=O) groups excluding carboxylic acids is 1. The van der Waals surface area contributed by atoms with E-state index in [-0.39, 0.29) is 17.6 Å². The van der Waals surface area contributed by atoms with E-state index in [9.17, 15) is 10.1 Å². The van der Waals surface area contributed by atoms with Crippen LogP contribution in [0, 0.1) is 17.2 Å². The minimum absolute atomic E-state index is 0.164. The smallest absolute Gasteiger partial charge is 0.231 e.